The van der Waals surface area contributed by atoms with Crippen LogP contribution in [0.5, 0.6) is 0 Å². The molecule has 0 unspecified atom stereocenters. The molecule has 2 rings (SSSR count). The lowest BCUT2D eigenvalue weighted by Crippen LogP contribution is -2.37. The summed E-state index contributed by atoms with van der Waals surface area (Å²) in [6, 6.07) is 3.53. The molecule has 0 spiro atoms. The Morgan fingerprint density at radius 3 is 2.82 bits per heavy atom. The van der Waals surface area contributed by atoms with E-state index in [0.29, 0.717) is 29.8 Å². The third kappa shape index (κ3) is 4.49. The van der Waals surface area contributed by atoms with Gasteiger partial charge < -0.3 is 19.9 Å². The standard InChI is InChI=1S/C14H20ClN5O2/c1-14(2,3)22-13(21)16-7-8-20(4)12-17-9-5-6-10(15)18-11(9)19-12/h5-6H,7-8H2,1-4H3,(H,16,21)(H,17,18,19). The Hall–Kier alpha value is -2.02. The summed E-state index contributed by atoms with van der Waals surface area (Å²) in [7, 11) is 1.87. The Morgan fingerprint density at radius 1 is 1.41 bits per heavy atom. The molecule has 0 saturated carbocycles. The molecule has 1 amide bonds. The van der Waals surface area contributed by atoms with Gasteiger partial charge >= 0.3 is 6.09 Å². The molecular formula is C14H20ClN5O2. The lowest BCUT2D eigenvalue weighted by Gasteiger charge is -2.21. The fourth-order valence-electron chi connectivity index (χ4n) is 1.78. The average molecular weight is 326 g/mol. The van der Waals surface area contributed by atoms with Crippen LogP contribution in [0, 0.1) is 0 Å². The summed E-state index contributed by atoms with van der Waals surface area (Å²) in [6.45, 7) is 6.49. The predicted molar refractivity (Wildman–Crippen MR) is 86.4 cm³/mol. The molecule has 22 heavy (non-hydrogen) atoms. The molecule has 0 aliphatic rings. The van der Waals surface area contributed by atoms with E-state index >= 15 is 0 Å². The number of nitrogens with zero attached hydrogens (tertiary/aromatic N) is 3. The predicted octanol–water partition coefficient (Wildman–Crippen LogP) is 2.57. The van der Waals surface area contributed by atoms with Crippen LogP contribution in [0.15, 0.2) is 12.1 Å². The van der Waals surface area contributed by atoms with Crippen LogP contribution in [0.4, 0.5) is 10.7 Å². The normalized spacial score (nSPS) is 11.5. The molecule has 0 aliphatic carbocycles. The highest BCUT2D eigenvalue weighted by atomic mass is 35.5. The minimum atomic E-state index is -0.500. The highest BCUT2D eigenvalue weighted by Gasteiger charge is 2.16. The smallest absolute Gasteiger partial charge is 0.407 e. The van der Waals surface area contributed by atoms with Crippen molar-refractivity contribution in [3.63, 3.8) is 0 Å². The number of aromatic nitrogens is 3. The van der Waals surface area contributed by atoms with Gasteiger partial charge in [0.05, 0.1) is 5.52 Å². The summed E-state index contributed by atoms with van der Waals surface area (Å²) < 4.78 is 5.17. The van der Waals surface area contributed by atoms with Crippen LogP contribution >= 0.6 is 11.6 Å². The molecule has 120 valence electrons. The van der Waals surface area contributed by atoms with Gasteiger partial charge in [-0.3, -0.25) is 0 Å². The second kappa shape index (κ2) is 6.39. The number of aromatic amines is 1. The zero-order chi connectivity index (χ0) is 16.3. The van der Waals surface area contributed by atoms with Crippen LogP contribution in [0.2, 0.25) is 5.15 Å². The second-order valence-electron chi connectivity index (χ2n) is 5.92. The number of amides is 1. The number of ether oxygens (including phenoxy) is 1. The van der Waals surface area contributed by atoms with Crippen molar-refractivity contribution in [1.82, 2.24) is 20.3 Å². The van der Waals surface area contributed by atoms with Crippen LogP contribution in [0.25, 0.3) is 11.2 Å². The van der Waals surface area contributed by atoms with E-state index in [1.807, 2.05) is 38.8 Å². The number of likely N-dealkylation sites (N-methyl/N-ethyl adjacent to an activating group) is 1. The Balaban J connectivity index is 1.88. The van der Waals surface area contributed by atoms with E-state index < -0.39 is 11.7 Å². The summed E-state index contributed by atoms with van der Waals surface area (Å²) in [4.78, 5) is 25.1. The van der Waals surface area contributed by atoms with Gasteiger partial charge in [0.25, 0.3) is 0 Å². The maximum atomic E-state index is 11.6. The quantitative estimate of drug-likeness (QED) is 0.844. The number of carbonyl (C=O) groups is 1. The molecule has 0 fully saturated rings. The van der Waals surface area contributed by atoms with Crippen molar-refractivity contribution in [2.75, 3.05) is 25.0 Å². The van der Waals surface area contributed by atoms with Crippen molar-refractivity contribution in [2.24, 2.45) is 0 Å². The molecule has 7 nitrogen and oxygen atoms in total. The number of hydrogen-bond acceptors (Lipinski definition) is 5. The van der Waals surface area contributed by atoms with E-state index in [1.165, 1.54) is 0 Å². The molecule has 0 aromatic carbocycles. The zero-order valence-corrected chi connectivity index (χ0v) is 13.9. The van der Waals surface area contributed by atoms with E-state index in [9.17, 15) is 4.79 Å². The van der Waals surface area contributed by atoms with Crippen molar-refractivity contribution in [3.8, 4) is 0 Å². The Morgan fingerprint density at radius 2 is 2.14 bits per heavy atom. The van der Waals surface area contributed by atoms with Gasteiger partial charge in [0.1, 0.15) is 10.8 Å². The van der Waals surface area contributed by atoms with Crippen molar-refractivity contribution < 1.29 is 9.53 Å². The monoisotopic (exact) mass is 325 g/mol. The number of pyridine rings is 1. The van der Waals surface area contributed by atoms with Gasteiger partial charge in [-0.2, -0.15) is 4.98 Å². The lowest BCUT2D eigenvalue weighted by atomic mass is 10.2. The summed E-state index contributed by atoms with van der Waals surface area (Å²) in [5, 5.41) is 3.10. The average Bonchev–Trinajstić information content (AvgIpc) is 2.79. The summed E-state index contributed by atoms with van der Waals surface area (Å²) in [5.74, 6) is 0.663. The van der Waals surface area contributed by atoms with Gasteiger partial charge in [-0.15, -0.1) is 0 Å². The van der Waals surface area contributed by atoms with E-state index in [0.717, 1.165) is 5.52 Å². The molecule has 2 N–H and O–H groups in total. The number of carbonyl (C=O) groups excluding carboxylic acids is 1. The summed E-state index contributed by atoms with van der Waals surface area (Å²) in [6.07, 6.45) is -0.432. The van der Waals surface area contributed by atoms with Gasteiger partial charge in [-0.1, -0.05) is 11.6 Å². The molecule has 0 saturated heterocycles. The fourth-order valence-corrected chi connectivity index (χ4v) is 1.93. The largest absolute Gasteiger partial charge is 0.444 e. The topological polar surface area (TPSA) is 83.1 Å². The minimum absolute atomic E-state index is 0.403. The SMILES string of the molecule is CN(CCNC(=O)OC(C)(C)C)c1nc2nc(Cl)ccc2[nH]1. The van der Waals surface area contributed by atoms with Crippen molar-refractivity contribution in [2.45, 2.75) is 26.4 Å². The van der Waals surface area contributed by atoms with Crippen LogP contribution in [-0.2, 0) is 4.74 Å². The number of rotatable bonds is 4. The Kier molecular flexibility index (Phi) is 4.75. The highest BCUT2D eigenvalue weighted by molar-refractivity contribution is 6.29. The van der Waals surface area contributed by atoms with E-state index in [-0.39, 0.29) is 0 Å². The number of alkyl carbamates (subject to hydrolysis) is 1. The molecular weight excluding hydrogens is 306 g/mol. The maximum Gasteiger partial charge on any atom is 0.407 e. The molecule has 0 radical (unpaired) electrons. The molecule has 2 aromatic rings. The minimum Gasteiger partial charge on any atom is -0.444 e. The third-order valence-electron chi connectivity index (χ3n) is 2.78. The number of anilines is 1. The maximum absolute atomic E-state index is 11.6. The second-order valence-corrected chi connectivity index (χ2v) is 6.30. The van der Waals surface area contributed by atoms with Crippen LogP contribution in [-0.4, -0.2) is 46.8 Å². The number of H-pyrrole nitrogens is 1. The summed E-state index contributed by atoms with van der Waals surface area (Å²) in [5.41, 5.74) is 0.875. The van der Waals surface area contributed by atoms with Crippen LogP contribution < -0.4 is 10.2 Å². The number of fused-ring (bicyclic) bond motifs is 1. The fraction of sp³-hybridized carbons (Fsp3) is 0.500. The van der Waals surface area contributed by atoms with Crippen LogP contribution in [0.1, 0.15) is 20.8 Å². The first-order valence-electron chi connectivity index (χ1n) is 6.95. The van der Waals surface area contributed by atoms with Gasteiger partial charge in [0.15, 0.2) is 5.65 Å². The number of imidazole rings is 1. The van der Waals surface area contributed by atoms with Crippen molar-refractivity contribution in [1.29, 1.82) is 0 Å². The highest BCUT2D eigenvalue weighted by Crippen LogP contribution is 2.16. The number of nitrogens with one attached hydrogen (secondary N) is 2. The molecule has 0 atom stereocenters. The first-order chi connectivity index (χ1) is 10.2. The third-order valence-corrected chi connectivity index (χ3v) is 2.99. The van der Waals surface area contributed by atoms with Gasteiger partial charge in [-0.05, 0) is 32.9 Å². The van der Waals surface area contributed by atoms with Crippen molar-refractivity contribution >= 4 is 34.8 Å². The van der Waals surface area contributed by atoms with Gasteiger partial charge in [-0.25, -0.2) is 9.78 Å². The molecule has 0 aliphatic heterocycles. The number of hydrogen-bond donors (Lipinski definition) is 2. The number of halogens is 1. The first-order valence-corrected chi connectivity index (χ1v) is 7.33. The van der Waals surface area contributed by atoms with Crippen LogP contribution in [0.3, 0.4) is 0 Å². The van der Waals surface area contributed by atoms with Gasteiger partial charge in [0, 0.05) is 20.1 Å². The molecule has 2 aromatic heterocycles. The molecule has 2 heterocycles. The first kappa shape index (κ1) is 16.4. The lowest BCUT2D eigenvalue weighted by molar-refractivity contribution is 0.0529. The van der Waals surface area contributed by atoms with E-state index in [4.69, 9.17) is 16.3 Å². The Labute approximate surface area is 134 Å². The van der Waals surface area contributed by atoms with Gasteiger partial charge in [0.2, 0.25) is 5.95 Å². The van der Waals surface area contributed by atoms with E-state index in [2.05, 4.69) is 20.3 Å². The van der Waals surface area contributed by atoms with E-state index in [1.54, 1.807) is 6.07 Å². The Bertz CT molecular complexity index is 665. The molecule has 0 bridgehead atoms. The molecule has 8 heteroatoms. The summed E-state index contributed by atoms with van der Waals surface area (Å²) >= 11 is 5.84. The van der Waals surface area contributed by atoms with Crippen molar-refractivity contribution in [3.05, 3.63) is 17.3 Å². The zero-order valence-electron chi connectivity index (χ0n) is 13.1.